The molecule has 0 saturated carbocycles. The number of hydrogen-bond acceptors (Lipinski definition) is 4. The van der Waals surface area contributed by atoms with Crippen LogP contribution in [0.5, 0.6) is 0 Å². The van der Waals surface area contributed by atoms with E-state index in [-0.39, 0.29) is 12.0 Å². The number of piperidine rings is 1. The number of carbonyl (C=O) groups is 2. The van der Waals surface area contributed by atoms with Gasteiger partial charge in [-0.3, -0.25) is 9.69 Å². The normalized spacial score (nSPS) is 18.6. The van der Waals surface area contributed by atoms with Crippen LogP contribution in [0.4, 0.5) is 4.79 Å². The lowest BCUT2D eigenvalue weighted by atomic mass is 9.98. The molecule has 24 heavy (non-hydrogen) atoms. The third-order valence-electron chi connectivity index (χ3n) is 4.26. The van der Waals surface area contributed by atoms with Crippen molar-refractivity contribution in [2.24, 2.45) is 5.92 Å². The molecule has 0 bridgehead atoms. The van der Waals surface area contributed by atoms with Crippen LogP contribution in [-0.2, 0) is 9.53 Å². The molecule has 1 heterocycles. The minimum absolute atomic E-state index is 0.169. The predicted molar refractivity (Wildman–Crippen MR) is 96.0 cm³/mol. The largest absolute Gasteiger partial charge is 0.444 e. The predicted octanol–water partition coefficient (Wildman–Crippen LogP) is 2.43. The van der Waals surface area contributed by atoms with Gasteiger partial charge < -0.3 is 14.5 Å². The van der Waals surface area contributed by atoms with Crippen molar-refractivity contribution in [1.82, 2.24) is 14.7 Å². The Morgan fingerprint density at radius 3 is 2.38 bits per heavy atom. The summed E-state index contributed by atoms with van der Waals surface area (Å²) in [6.07, 6.45) is 1.85. The Labute approximate surface area is 147 Å². The van der Waals surface area contributed by atoms with Gasteiger partial charge in [0.05, 0.1) is 6.54 Å². The molecule has 0 aliphatic carbocycles. The average molecular weight is 341 g/mol. The lowest BCUT2D eigenvalue weighted by molar-refractivity contribution is -0.131. The highest BCUT2D eigenvalue weighted by Gasteiger charge is 2.28. The Morgan fingerprint density at radius 1 is 1.21 bits per heavy atom. The molecule has 0 aromatic heterocycles. The minimum atomic E-state index is -0.461. The number of nitrogens with zero attached hydrogens (tertiary/aromatic N) is 3. The smallest absolute Gasteiger partial charge is 0.410 e. The van der Waals surface area contributed by atoms with Gasteiger partial charge in [-0.25, -0.2) is 4.79 Å². The molecule has 6 nitrogen and oxygen atoms in total. The lowest BCUT2D eigenvalue weighted by Crippen LogP contribution is -2.46. The third kappa shape index (κ3) is 7.07. The van der Waals surface area contributed by atoms with Gasteiger partial charge in [0.25, 0.3) is 0 Å². The number of rotatable bonds is 6. The highest BCUT2D eigenvalue weighted by Crippen LogP contribution is 2.20. The molecule has 0 spiro atoms. The maximum atomic E-state index is 12.2. The number of hydrogen-bond donors (Lipinski definition) is 0. The van der Waals surface area contributed by atoms with Gasteiger partial charge in [-0.05, 0) is 60.4 Å². The summed E-state index contributed by atoms with van der Waals surface area (Å²) in [6.45, 7) is 13.9. The van der Waals surface area contributed by atoms with E-state index in [0.29, 0.717) is 19.0 Å². The van der Waals surface area contributed by atoms with Gasteiger partial charge >= 0.3 is 6.09 Å². The van der Waals surface area contributed by atoms with Crippen molar-refractivity contribution in [2.75, 3.05) is 46.3 Å². The van der Waals surface area contributed by atoms with Crippen LogP contribution in [0.15, 0.2) is 0 Å². The molecule has 0 radical (unpaired) electrons. The van der Waals surface area contributed by atoms with E-state index >= 15 is 0 Å². The van der Waals surface area contributed by atoms with Gasteiger partial charge in [-0.15, -0.1) is 0 Å². The molecular formula is C18H35N3O3. The number of likely N-dealkylation sites (tertiary alicyclic amines) is 1. The van der Waals surface area contributed by atoms with Crippen molar-refractivity contribution < 1.29 is 14.3 Å². The molecule has 0 aromatic carbocycles. The minimum Gasteiger partial charge on any atom is -0.444 e. The summed E-state index contributed by atoms with van der Waals surface area (Å²) in [5, 5.41) is 0. The van der Waals surface area contributed by atoms with E-state index in [1.54, 1.807) is 4.90 Å². The second kappa shape index (κ2) is 9.25. The second-order valence-corrected chi connectivity index (χ2v) is 7.70. The van der Waals surface area contributed by atoms with Gasteiger partial charge in [0.15, 0.2) is 0 Å². The van der Waals surface area contributed by atoms with E-state index in [9.17, 15) is 9.59 Å². The summed E-state index contributed by atoms with van der Waals surface area (Å²) in [7, 11) is 1.98. The molecule has 6 heteroatoms. The summed E-state index contributed by atoms with van der Waals surface area (Å²) >= 11 is 0. The first-order valence-corrected chi connectivity index (χ1v) is 9.10. The van der Waals surface area contributed by atoms with Crippen molar-refractivity contribution >= 4 is 12.0 Å². The summed E-state index contributed by atoms with van der Waals surface area (Å²) in [5.41, 5.74) is -0.461. The number of amides is 2. The van der Waals surface area contributed by atoms with Crippen LogP contribution in [0, 0.1) is 5.92 Å². The van der Waals surface area contributed by atoms with E-state index < -0.39 is 5.60 Å². The monoisotopic (exact) mass is 341 g/mol. The van der Waals surface area contributed by atoms with Crippen LogP contribution >= 0.6 is 0 Å². The fourth-order valence-corrected chi connectivity index (χ4v) is 3.12. The van der Waals surface area contributed by atoms with Crippen LogP contribution in [0.2, 0.25) is 0 Å². The van der Waals surface area contributed by atoms with Crippen molar-refractivity contribution in [2.45, 2.75) is 53.1 Å². The summed E-state index contributed by atoms with van der Waals surface area (Å²) < 4.78 is 5.47. The Morgan fingerprint density at radius 2 is 1.83 bits per heavy atom. The fourth-order valence-electron chi connectivity index (χ4n) is 3.12. The number of carbonyl (C=O) groups excluding carboxylic acids is 2. The summed E-state index contributed by atoms with van der Waals surface area (Å²) in [4.78, 5) is 30.1. The first kappa shape index (κ1) is 20.7. The Kier molecular flexibility index (Phi) is 8.00. The van der Waals surface area contributed by atoms with Crippen LogP contribution in [0.25, 0.3) is 0 Å². The molecule has 1 fully saturated rings. The summed E-state index contributed by atoms with van der Waals surface area (Å²) in [5.74, 6) is 0.558. The van der Waals surface area contributed by atoms with E-state index in [2.05, 4.69) is 4.90 Å². The lowest BCUT2D eigenvalue weighted by Gasteiger charge is -2.35. The second-order valence-electron chi connectivity index (χ2n) is 7.70. The maximum absolute atomic E-state index is 12.2. The molecule has 1 rings (SSSR count). The van der Waals surface area contributed by atoms with Crippen LogP contribution in [0.3, 0.4) is 0 Å². The molecule has 140 valence electrons. The highest BCUT2D eigenvalue weighted by atomic mass is 16.6. The average Bonchev–Trinajstić information content (AvgIpc) is 2.46. The molecule has 1 aliphatic rings. The number of ether oxygens (including phenoxy) is 1. The zero-order valence-corrected chi connectivity index (χ0v) is 16.3. The molecule has 2 amide bonds. The van der Waals surface area contributed by atoms with Crippen LogP contribution < -0.4 is 0 Å². The third-order valence-corrected chi connectivity index (χ3v) is 4.26. The quantitative estimate of drug-likeness (QED) is 0.744. The number of likely N-dealkylation sites (N-methyl/N-ethyl adjacent to an activating group) is 2. The standard InChI is InChI=1S/C18H35N3O3/c1-7-20(8-2)16(22)14-19(6)12-15-10-9-11-21(13-15)17(23)24-18(3,4)5/h15H,7-14H2,1-6H3/t15-/m1/s1. The van der Waals surface area contributed by atoms with Crippen LogP contribution in [-0.4, -0.2) is 78.6 Å². The van der Waals surface area contributed by atoms with Crippen molar-refractivity contribution in [1.29, 1.82) is 0 Å². The molecule has 0 aromatic rings. The first-order valence-electron chi connectivity index (χ1n) is 9.10. The molecule has 0 N–H and O–H groups in total. The molecule has 1 atom stereocenters. The van der Waals surface area contributed by atoms with Crippen LogP contribution in [0.1, 0.15) is 47.5 Å². The van der Waals surface area contributed by atoms with Gasteiger partial charge in [-0.1, -0.05) is 0 Å². The fraction of sp³-hybridized carbons (Fsp3) is 0.889. The summed E-state index contributed by atoms with van der Waals surface area (Å²) in [6, 6.07) is 0. The van der Waals surface area contributed by atoms with Gasteiger partial charge in [0.1, 0.15) is 5.60 Å². The van der Waals surface area contributed by atoms with E-state index in [0.717, 1.165) is 39.0 Å². The zero-order chi connectivity index (χ0) is 18.3. The molecule has 1 saturated heterocycles. The SMILES string of the molecule is CCN(CC)C(=O)CN(C)C[C@H]1CCCN(C(=O)OC(C)(C)C)C1. The van der Waals surface area contributed by atoms with Crippen molar-refractivity contribution in [3.05, 3.63) is 0 Å². The Balaban J connectivity index is 2.47. The van der Waals surface area contributed by atoms with Gasteiger partial charge in [0, 0.05) is 32.7 Å². The first-order chi connectivity index (χ1) is 11.2. The topological polar surface area (TPSA) is 53.1 Å². The van der Waals surface area contributed by atoms with E-state index in [4.69, 9.17) is 4.74 Å². The van der Waals surface area contributed by atoms with Gasteiger partial charge in [-0.2, -0.15) is 0 Å². The molecular weight excluding hydrogens is 306 g/mol. The molecule has 0 unspecified atom stereocenters. The van der Waals surface area contributed by atoms with Crippen molar-refractivity contribution in [3.8, 4) is 0 Å². The Hall–Kier alpha value is -1.30. The van der Waals surface area contributed by atoms with E-state index in [1.165, 1.54) is 0 Å². The van der Waals surface area contributed by atoms with Crippen molar-refractivity contribution in [3.63, 3.8) is 0 Å². The Bertz CT molecular complexity index is 416. The molecule has 1 aliphatic heterocycles. The highest BCUT2D eigenvalue weighted by molar-refractivity contribution is 5.78. The zero-order valence-electron chi connectivity index (χ0n) is 16.3. The van der Waals surface area contributed by atoms with E-state index in [1.807, 2.05) is 46.6 Å². The maximum Gasteiger partial charge on any atom is 0.410 e. The van der Waals surface area contributed by atoms with Gasteiger partial charge in [0.2, 0.25) is 5.91 Å².